The highest BCUT2D eigenvalue weighted by atomic mass is 16.5. The summed E-state index contributed by atoms with van der Waals surface area (Å²) in [5.41, 5.74) is 18.1. The van der Waals surface area contributed by atoms with Gasteiger partial charge in [-0.2, -0.15) is 0 Å². The minimum absolute atomic E-state index is 0.596. The van der Waals surface area contributed by atoms with E-state index in [2.05, 4.69) is 266 Å². The first-order chi connectivity index (χ1) is 36.2. The summed E-state index contributed by atoms with van der Waals surface area (Å²) in [4.78, 5) is 2.57. The molecule has 2 aliphatic carbocycles. The van der Waals surface area contributed by atoms with Crippen molar-refractivity contribution in [3.8, 4) is 33.8 Å². The van der Waals surface area contributed by atoms with Crippen LogP contribution in [0.25, 0.3) is 65.7 Å². The summed E-state index contributed by atoms with van der Waals surface area (Å²) < 4.78 is 14.1. The van der Waals surface area contributed by atoms with Crippen molar-refractivity contribution in [2.75, 3.05) is 4.90 Å². The normalized spacial score (nSPS) is 14.1. The highest BCUT2D eigenvalue weighted by Gasteiger charge is 2.53. The van der Waals surface area contributed by atoms with Gasteiger partial charge in [0, 0.05) is 38.4 Å². The standard InChI is InChI=1S/C70H43NO2/c1-3-22-46(23-4-1)69(47-24-5-2-6-25-47)53-31-14-11-28-50(53)64-55(69)33-17-35-59(64)71(61-37-19-39-63-66(61)52-30-13-16-38-62(52)72-63)60-36-18-34-56-65(60)51-29-12-15-32-54(51)70(56)57-42-40-44-20-7-9-26-48(44)67(57)73-68-49-27-10-8-21-45(49)41-43-58(68)70/h1-43H. The quantitative estimate of drug-likeness (QED) is 0.172. The van der Waals surface area contributed by atoms with Crippen molar-refractivity contribution in [3.63, 3.8) is 0 Å². The van der Waals surface area contributed by atoms with Crippen molar-refractivity contribution in [1.82, 2.24) is 0 Å². The van der Waals surface area contributed by atoms with Crippen molar-refractivity contribution >= 4 is 60.5 Å². The number of para-hydroxylation sites is 1. The average molecular weight is 930 g/mol. The fourth-order valence-corrected chi connectivity index (χ4v) is 13.6. The maximum Gasteiger partial charge on any atom is 0.140 e. The molecule has 3 aliphatic rings. The highest BCUT2D eigenvalue weighted by Crippen LogP contribution is 2.67. The van der Waals surface area contributed by atoms with Crippen LogP contribution in [-0.4, -0.2) is 0 Å². The molecule has 16 rings (SSSR count). The molecule has 3 nitrogen and oxygen atoms in total. The average Bonchev–Trinajstić information content (AvgIpc) is 4.18. The van der Waals surface area contributed by atoms with Crippen molar-refractivity contribution in [1.29, 1.82) is 0 Å². The number of furan rings is 1. The van der Waals surface area contributed by atoms with Gasteiger partial charge in [-0.3, -0.25) is 0 Å². The van der Waals surface area contributed by atoms with Gasteiger partial charge < -0.3 is 14.1 Å². The monoisotopic (exact) mass is 929 g/mol. The number of ether oxygens (including phenoxy) is 1. The Labute approximate surface area is 422 Å². The Kier molecular flexibility index (Phi) is 8.30. The number of fused-ring (bicyclic) bond motifs is 19. The third kappa shape index (κ3) is 5.22. The minimum Gasteiger partial charge on any atom is -0.456 e. The van der Waals surface area contributed by atoms with Crippen LogP contribution in [0.3, 0.4) is 0 Å². The molecule has 1 aliphatic heterocycles. The van der Waals surface area contributed by atoms with E-state index in [0.29, 0.717) is 0 Å². The largest absolute Gasteiger partial charge is 0.456 e. The summed E-state index contributed by atoms with van der Waals surface area (Å²) in [6.07, 6.45) is 0. The van der Waals surface area contributed by atoms with Crippen molar-refractivity contribution in [3.05, 3.63) is 305 Å². The highest BCUT2D eigenvalue weighted by molar-refractivity contribution is 6.15. The van der Waals surface area contributed by atoms with Crippen LogP contribution < -0.4 is 9.64 Å². The molecule has 340 valence electrons. The van der Waals surface area contributed by atoms with Gasteiger partial charge in [-0.15, -0.1) is 0 Å². The summed E-state index contributed by atoms with van der Waals surface area (Å²) in [6.45, 7) is 0. The fraction of sp³-hybridized carbons (Fsp3) is 0.0286. The number of hydrogen-bond donors (Lipinski definition) is 0. The lowest BCUT2D eigenvalue weighted by molar-refractivity contribution is 0.447. The van der Waals surface area contributed by atoms with Gasteiger partial charge in [0.15, 0.2) is 0 Å². The van der Waals surface area contributed by atoms with Crippen LogP contribution >= 0.6 is 0 Å². The molecule has 1 spiro atoms. The zero-order valence-electron chi connectivity index (χ0n) is 39.6. The van der Waals surface area contributed by atoms with Gasteiger partial charge in [0.05, 0.1) is 33.3 Å². The van der Waals surface area contributed by atoms with Crippen LogP contribution in [0.2, 0.25) is 0 Å². The van der Waals surface area contributed by atoms with Crippen molar-refractivity contribution < 1.29 is 9.15 Å². The van der Waals surface area contributed by atoms with Crippen LogP contribution in [0.1, 0.15) is 44.5 Å². The van der Waals surface area contributed by atoms with Crippen LogP contribution in [0.4, 0.5) is 17.1 Å². The van der Waals surface area contributed by atoms with Crippen LogP contribution in [-0.2, 0) is 10.8 Å². The van der Waals surface area contributed by atoms with Crippen LogP contribution in [0.15, 0.2) is 265 Å². The molecule has 0 fully saturated rings. The molecule has 1 aromatic heterocycles. The Morgan fingerprint density at radius 2 is 0.726 bits per heavy atom. The number of nitrogens with zero attached hydrogens (tertiary/aromatic N) is 1. The lowest BCUT2D eigenvalue weighted by atomic mass is 9.65. The summed E-state index contributed by atoms with van der Waals surface area (Å²) in [6, 6.07) is 96.0. The van der Waals surface area contributed by atoms with Gasteiger partial charge >= 0.3 is 0 Å². The molecular formula is C70H43NO2. The molecule has 0 radical (unpaired) electrons. The second-order valence-electron chi connectivity index (χ2n) is 19.7. The van der Waals surface area contributed by atoms with Crippen LogP contribution in [0.5, 0.6) is 11.5 Å². The Bertz CT molecular complexity index is 4310. The lowest BCUT2D eigenvalue weighted by Crippen LogP contribution is -2.32. The molecule has 0 amide bonds. The molecular weight excluding hydrogens is 887 g/mol. The van der Waals surface area contributed by atoms with Crippen LogP contribution in [0, 0.1) is 0 Å². The smallest absolute Gasteiger partial charge is 0.140 e. The number of benzene rings is 12. The van der Waals surface area contributed by atoms with E-state index in [1.54, 1.807) is 0 Å². The van der Waals surface area contributed by atoms with E-state index in [1.807, 2.05) is 0 Å². The van der Waals surface area contributed by atoms with Gasteiger partial charge in [-0.05, 0) is 85.6 Å². The van der Waals surface area contributed by atoms with Gasteiger partial charge in [0.1, 0.15) is 22.7 Å². The minimum atomic E-state index is -0.736. The second-order valence-corrected chi connectivity index (χ2v) is 19.7. The molecule has 0 saturated heterocycles. The molecule has 3 heteroatoms. The topological polar surface area (TPSA) is 25.6 Å². The Hall–Kier alpha value is -9.44. The first-order valence-corrected chi connectivity index (χ1v) is 25.2. The third-order valence-electron chi connectivity index (χ3n) is 16.4. The summed E-state index contributed by atoms with van der Waals surface area (Å²) in [5.74, 6) is 1.80. The van der Waals surface area contributed by atoms with E-state index in [0.717, 1.165) is 83.2 Å². The van der Waals surface area contributed by atoms with Crippen molar-refractivity contribution in [2.45, 2.75) is 10.8 Å². The first-order valence-electron chi connectivity index (χ1n) is 25.2. The van der Waals surface area contributed by atoms with Gasteiger partial charge in [-0.1, -0.05) is 231 Å². The number of rotatable bonds is 5. The third-order valence-corrected chi connectivity index (χ3v) is 16.4. The Morgan fingerprint density at radius 3 is 1.33 bits per heavy atom. The molecule has 73 heavy (non-hydrogen) atoms. The predicted octanol–water partition coefficient (Wildman–Crippen LogP) is 18.2. The zero-order chi connectivity index (χ0) is 47.8. The SMILES string of the molecule is c1ccc(C2(c3ccccc3)c3ccccc3-c3c(N(c4cccc5c4-c4ccccc4C54c5ccc6ccccc6c5Oc5c4ccc4ccccc54)c4cccc5oc6ccccc6c45)cccc32)cc1. The fourth-order valence-electron chi connectivity index (χ4n) is 13.6. The van der Waals surface area contributed by atoms with E-state index in [4.69, 9.17) is 9.15 Å². The summed E-state index contributed by atoms with van der Waals surface area (Å²) >= 11 is 0. The molecule has 0 atom stereocenters. The molecule has 2 heterocycles. The Morgan fingerprint density at radius 1 is 0.288 bits per heavy atom. The number of anilines is 3. The maximum absolute atomic E-state index is 7.37. The molecule has 0 unspecified atom stereocenters. The predicted molar refractivity (Wildman–Crippen MR) is 298 cm³/mol. The second kappa shape index (κ2) is 15.0. The summed E-state index contributed by atoms with van der Waals surface area (Å²) in [5, 5.41) is 6.62. The van der Waals surface area contributed by atoms with E-state index in [1.165, 1.54) is 55.6 Å². The number of hydrogen-bond acceptors (Lipinski definition) is 3. The van der Waals surface area contributed by atoms with E-state index >= 15 is 0 Å². The van der Waals surface area contributed by atoms with E-state index < -0.39 is 10.8 Å². The molecule has 12 aromatic carbocycles. The molecule has 0 N–H and O–H groups in total. The van der Waals surface area contributed by atoms with E-state index in [-0.39, 0.29) is 0 Å². The Balaban J connectivity index is 1.06. The summed E-state index contributed by atoms with van der Waals surface area (Å²) in [7, 11) is 0. The van der Waals surface area contributed by atoms with Crippen molar-refractivity contribution in [2.24, 2.45) is 0 Å². The molecule has 0 bridgehead atoms. The first kappa shape index (κ1) is 40.3. The van der Waals surface area contributed by atoms with Gasteiger partial charge in [0.2, 0.25) is 0 Å². The lowest BCUT2D eigenvalue weighted by Gasteiger charge is -2.40. The van der Waals surface area contributed by atoms with Gasteiger partial charge in [-0.25, -0.2) is 0 Å². The molecule has 13 aromatic rings. The van der Waals surface area contributed by atoms with E-state index in [9.17, 15) is 0 Å². The maximum atomic E-state index is 7.37. The molecule has 0 saturated carbocycles. The zero-order valence-corrected chi connectivity index (χ0v) is 39.6. The van der Waals surface area contributed by atoms with Gasteiger partial charge in [0.25, 0.3) is 0 Å².